The Morgan fingerprint density at radius 3 is 2.96 bits per heavy atom. The van der Waals surface area contributed by atoms with Crippen molar-refractivity contribution in [2.75, 3.05) is 31.6 Å². The normalized spacial score (nSPS) is 18.6. The number of rotatable bonds is 5. The molecule has 150 valence electrons. The van der Waals surface area contributed by atoms with Crippen LogP contribution in [0.1, 0.15) is 31.0 Å². The Morgan fingerprint density at radius 1 is 1.39 bits per heavy atom. The third kappa shape index (κ3) is 5.45. The monoisotopic (exact) mass is 445 g/mol. The maximum absolute atomic E-state index is 5.63. The summed E-state index contributed by atoms with van der Waals surface area (Å²) in [4.78, 5) is 11.2. The largest absolute Gasteiger partial charge is 0.375 e. The van der Waals surface area contributed by atoms with E-state index in [4.69, 9.17) is 4.74 Å². The Hall–Kier alpha value is -2.12. The first-order chi connectivity index (χ1) is 13.6. The van der Waals surface area contributed by atoms with Crippen LogP contribution in [0.3, 0.4) is 0 Å². The Labute approximate surface area is 175 Å². The van der Waals surface area contributed by atoms with E-state index < -0.39 is 0 Å². The summed E-state index contributed by atoms with van der Waals surface area (Å²) in [7, 11) is 1.79. The van der Waals surface area contributed by atoms with Gasteiger partial charge in [0.1, 0.15) is 5.82 Å². The first-order valence-electron chi connectivity index (χ1n) is 9.60. The number of nitrogens with zero attached hydrogens (tertiary/aromatic N) is 3. The van der Waals surface area contributed by atoms with Crippen LogP contribution >= 0.6 is 15.9 Å². The molecule has 1 aliphatic heterocycles. The lowest BCUT2D eigenvalue weighted by atomic mass is 10.1. The molecule has 0 radical (unpaired) electrons. The molecule has 2 N–H and O–H groups in total. The van der Waals surface area contributed by atoms with Gasteiger partial charge in [0.05, 0.1) is 18.8 Å². The number of pyridine rings is 1. The summed E-state index contributed by atoms with van der Waals surface area (Å²) < 4.78 is 6.71. The Bertz CT molecular complexity index is 813. The fourth-order valence-corrected chi connectivity index (χ4v) is 3.89. The first kappa shape index (κ1) is 20.6. The molecule has 2 heterocycles. The topological polar surface area (TPSA) is 61.8 Å². The molecule has 2 aromatic rings. The summed E-state index contributed by atoms with van der Waals surface area (Å²) in [6.07, 6.45) is 2.10. The van der Waals surface area contributed by atoms with Gasteiger partial charge in [0.25, 0.3) is 0 Å². The fourth-order valence-electron chi connectivity index (χ4n) is 3.26. The lowest BCUT2D eigenvalue weighted by Crippen LogP contribution is -2.41. The van der Waals surface area contributed by atoms with Gasteiger partial charge in [0.15, 0.2) is 5.96 Å². The van der Waals surface area contributed by atoms with Crippen LogP contribution in [0.15, 0.2) is 52.1 Å². The van der Waals surface area contributed by atoms with Crippen LogP contribution in [0.4, 0.5) is 5.82 Å². The lowest BCUT2D eigenvalue weighted by molar-refractivity contribution is 0.0529. The molecule has 1 aromatic carbocycles. The molecular formula is C21H28BrN5O. The van der Waals surface area contributed by atoms with Crippen molar-refractivity contribution >= 4 is 27.7 Å². The van der Waals surface area contributed by atoms with E-state index in [-0.39, 0.29) is 12.1 Å². The zero-order chi connectivity index (χ0) is 19.9. The Balaban J connectivity index is 1.59. The molecule has 0 amide bonds. The number of hydrogen-bond donors (Lipinski definition) is 2. The van der Waals surface area contributed by atoms with Crippen molar-refractivity contribution in [3.63, 3.8) is 0 Å². The van der Waals surface area contributed by atoms with Gasteiger partial charge in [0.2, 0.25) is 0 Å². The minimum atomic E-state index is 0.129. The lowest BCUT2D eigenvalue weighted by Gasteiger charge is -2.32. The van der Waals surface area contributed by atoms with E-state index in [1.165, 1.54) is 11.1 Å². The smallest absolute Gasteiger partial charge is 0.191 e. The van der Waals surface area contributed by atoms with Gasteiger partial charge >= 0.3 is 0 Å². The number of ether oxygens (including phenoxy) is 1. The van der Waals surface area contributed by atoms with Crippen molar-refractivity contribution in [1.29, 1.82) is 0 Å². The number of anilines is 1. The minimum Gasteiger partial charge on any atom is -0.375 e. The van der Waals surface area contributed by atoms with Crippen molar-refractivity contribution in [1.82, 2.24) is 15.6 Å². The summed E-state index contributed by atoms with van der Waals surface area (Å²) in [6.45, 7) is 7.39. The van der Waals surface area contributed by atoms with Crippen LogP contribution in [0, 0.1) is 0 Å². The third-order valence-electron chi connectivity index (χ3n) is 4.78. The van der Waals surface area contributed by atoms with E-state index in [2.05, 4.69) is 73.5 Å². The first-order valence-corrected chi connectivity index (χ1v) is 10.4. The molecule has 2 unspecified atom stereocenters. The van der Waals surface area contributed by atoms with E-state index in [1.807, 2.05) is 24.4 Å². The van der Waals surface area contributed by atoms with Crippen LogP contribution < -0.4 is 15.5 Å². The van der Waals surface area contributed by atoms with Crippen LogP contribution in [-0.4, -0.2) is 43.8 Å². The number of aliphatic imine (C=N–C) groups is 1. The summed E-state index contributed by atoms with van der Waals surface area (Å²) >= 11 is 3.61. The van der Waals surface area contributed by atoms with Crippen LogP contribution in [0.25, 0.3) is 0 Å². The average molecular weight is 446 g/mol. The molecule has 0 saturated carbocycles. The van der Waals surface area contributed by atoms with Gasteiger partial charge < -0.3 is 20.3 Å². The zero-order valence-corrected chi connectivity index (χ0v) is 18.2. The molecule has 0 bridgehead atoms. The maximum atomic E-state index is 5.63. The second-order valence-electron chi connectivity index (χ2n) is 6.96. The van der Waals surface area contributed by atoms with Gasteiger partial charge in [-0.2, -0.15) is 0 Å². The van der Waals surface area contributed by atoms with Gasteiger partial charge in [-0.3, -0.25) is 4.99 Å². The molecule has 28 heavy (non-hydrogen) atoms. The second kappa shape index (κ2) is 9.89. The summed E-state index contributed by atoms with van der Waals surface area (Å²) in [5.41, 5.74) is 2.36. The highest BCUT2D eigenvalue weighted by atomic mass is 79.9. The van der Waals surface area contributed by atoms with Gasteiger partial charge in [-0.05, 0) is 43.2 Å². The quantitative estimate of drug-likeness (QED) is 0.544. The van der Waals surface area contributed by atoms with Crippen molar-refractivity contribution in [3.05, 3.63) is 58.2 Å². The summed E-state index contributed by atoms with van der Waals surface area (Å²) in [5.74, 6) is 1.76. The highest BCUT2D eigenvalue weighted by molar-refractivity contribution is 9.10. The van der Waals surface area contributed by atoms with Crippen molar-refractivity contribution < 1.29 is 4.74 Å². The number of benzene rings is 1. The fraction of sp³-hybridized carbons (Fsp3) is 0.429. The Morgan fingerprint density at radius 2 is 2.21 bits per heavy atom. The number of hydrogen-bond acceptors (Lipinski definition) is 4. The molecule has 0 spiro atoms. The molecule has 2 atom stereocenters. The number of nitrogens with one attached hydrogen (secondary N) is 2. The zero-order valence-electron chi connectivity index (χ0n) is 16.7. The van der Waals surface area contributed by atoms with Gasteiger partial charge in [-0.15, -0.1) is 0 Å². The molecule has 6 nitrogen and oxygen atoms in total. The third-order valence-corrected chi connectivity index (χ3v) is 5.51. The molecule has 0 aliphatic carbocycles. The number of aromatic nitrogens is 1. The van der Waals surface area contributed by atoms with E-state index in [0.29, 0.717) is 6.54 Å². The molecule has 1 aliphatic rings. The van der Waals surface area contributed by atoms with Crippen molar-refractivity contribution in [2.45, 2.75) is 32.5 Å². The number of guanidine groups is 1. The number of morpholine rings is 1. The van der Waals surface area contributed by atoms with Crippen LogP contribution in [-0.2, 0) is 11.3 Å². The summed E-state index contributed by atoms with van der Waals surface area (Å²) in [5, 5.41) is 6.84. The van der Waals surface area contributed by atoms with Crippen LogP contribution in [0.2, 0.25) is 0 Å². The molecule has 7 heteroatoms. The SMILES string of the molecule is CN=C(NCc1ccnc(N2CCOC(C)C2)c1)NC(C)c1ccccc1Br. The van der Waals surface area contributed by atoms with E-state index in [0.717, 1.165) is 35.9 Å². The predicted molar refractivity (Wildman–Crippen MR) is 118 cm³/mol. The standard InChI is InChI=1S/C21H28BrN5O/c1-15-14-27(10-11-28-15)20-12-17(8-9-24-20)13-25-21(23-3)26-16(2)18-6-4-5-7-19(18)22/h4-9,12,15-16H,10-11,13-14H2,1-3H3,(H2,23,25,26). The van der Waals surface area contributed by atoms with Gasteiger partial charge in [0, 0.05) is 37.4 Å². The van der Waals surface area contributed by atoms with E-state index >= 15 is 0 Å². The van der Waals surface area contributed by atoms with E-state index in [1.54, 1.807) is 7.05 Å². The minimum absolute atomic E-state index is 0.129. The Kier molecular flexibility index (Phi) is 7.28. The molecule has 1 fully saturated rings. The maximum Gasteiger partial charge on any atom is 0.191 e. The predicted octanol–water partition coefficient (Wildman–Crippen LogP) is 3.50. The van der Waals surface area contributed by atoms with Crippen molar-refractivity contribution in [2.24, 2.45) is 4.99 Å². The number of halogens is 1. The van der Waals surface area contributed by atoms with E-state index in [9.17, 15) is 0 Å². The molecule has 3 rings (SSSR count). The van der Waals surface area contributed by atoms with Gasteiger partial charge in [-0.25, -0.2) is 4.98 Å². The highest BCUT2D eigenvalue weighted by Crippen LogP contribution is 2.22. The molecular weight excluding hydrogens is 418 g/mol. The molecule has 1 aromatic heterocycles. The van der Waals surface area contributed by atoms with Crippen molar-refractivity contribution in [3.8, 4) is 0 Å². The molecule has 1 saturated heterocycles. The summed E-state index contributed by atoms with van der Waals surface area (Å²) in [6, 6.07) is 12.5. The van der Waals surface area contributed by atoms with Crippen LogP contribution in [0.5, 0.6) is 0 Å². The van der Waals surface area contributed by atoms with Gasteiger partial charge in [-0.1, -0.05) is 34.1 Å². The highest BCUT2D eigenvalue weighted by Gasteiger charge is 2.18. The second-order valence-corrected chi connectivity index (χ2v) is 7.82. The average Bonchev–Trinajstić information content (AvgIpc) is 2.71.